The molecule has 140 valence electrons. The van der Waals surface area contributed by atoms with Crippen LogP contribution in [0.3, 0.4) is 0 Å². The van der Waals surface area contributed by atoms with Gasteiger partial charge in [0.15, 0.2) is 0 Å². The van der Waals surface area contributed by atoms with Crippen molar-refractivity contribution in [2.24, 2.45) is 5.92 Å². The van der Waals surface area contributed by atoms with E-state index in [1.807, 2.05) is 25.2 Å². The predicted molar refractivity (Wildman–Crippen MR) is 102 cm³/mol. The van der Waals surface area contributed by atoms with E-state index in [0.29, 0.717) is 19.0 Å². The number of rotatable bonds is 8. The van der Waals surface area contributed by atoms with Crippen molar-refractivity contribution < 1.29 is 9.53 Å². The molecule has 0 saturated carbocycles. The van der Waals surface area contributed by atoms with Crippen molar-refractivity contribution in [1.29, 1.82) is 0 Å². The number of hydrogen-bond acceptors (Lipinski definition) is 4. The van der Waals surface area contributed by atoms with Crippen LogP contribution in [0, 0.1) is 5.92 Å². The van der Waals surface area contributed by atoms with Crippen molar-refractivity contribution >= 4 is 5.91 Å². The minimum absolute atomic E-state index is 0.0508. The summed E-state index contributed by atoms with van der Waals surface area (Å²) in [5.41, 5.74) is 1.22. The summed E-state index contributed by atoms with van der Waals surface area (Å²) >= 11 is 0. The fraction of sp³-hybridized carbons (Fsp3) is 0.650. The van der Waals surface area contributed by atoms with Crippen molar-refractivity contribution in [2.45, 2.75) is 32.9 Å². The molecule has 1 aliphatic heterocycles. The smallest absolute Gasteiger partial charge is 0.234 e. The molecular formula is C20H33N3O2. The highest BCUT2D eigenvalue weighted by Crippen LogP contribution is 2.17. The molecule has 5 nitrogen and oxygen atoms in total. The van der Waals surface area contributed by atoms with Gasteiger partial charge in [0.2, 0.25) is 5.91 Å². The first-order chi connectivity index (χ1) is 12.0. The van der Waals surface area contributed by atoms with E-state index < -0.39 is 0 Å². The normalized spacial score (nSPS) is 20.0. The van der Waals surface area contributed by atoms with Gasteiger partial charge in [-0.05, 0) is 25.5 Å². The Morgan fingerprint density at radius 1 is 1.32 bits per heavy atom. The van der Waals surface area contributed by atoms with Crippen LogP contribution in [0.1, 0.15) is 32.4 Å². The molecule has 0 aromatic heterocycles. The van der Waals surface area contributed by atoms with E-state index in [0.717, 1.165) is 26.2 Å². The first-order valence-electron chi connectivity index (χ1n) is 9.31. The van der Waals surface area contributed by atoms with Crippen molar-refractivity contribution in [3.8, 4) is 0 Å². The summed E-state index contributed by atoms with van der Waals surface area (Å²) in [6, 6.07) is 10.5. The molecule has 1 aromatic carbocycles. The van der Waals surface area contributed by atoms with Crippen LogP contribution in [0.25, 0.3) is 0 Å². The van der Waals surface area contributed by atoms with E-state index >= 15 is 0 Å². The molecule has 0 spiro atoms. The average Bonchev–Trinajstić information content (AvgIpc) is 2.60. The van der Waals surface area contributed by atoms with E-state index in [9.17, 15) is 4.79 Å². The summed E-state index contributed by atoms with van der Waals surface area (Å²) in [5, 5.41) is 3.03. The maximum atomic E-state index is 12.3. The second-order valence-electron chi connectivity index (χ2n) is 7.45. The van der Waals surface area contributed by atoms with Crippen molar-refractivity contribution in [1.82, 2.24) is 15.1 Å². The highest BCUT2D eigenvalue weighted by molar-refractivity contribution is 5.78. The van der Waals surface area contributed by atoms with E-state index in [1.165, 1.54) is 5.56 Å². The zero-order chi connectivity index (χ0) is 18.2. The molecule has 0 aliphatic carbocycles. The summed E-state index contributed by atoms with van der Waals surface area (Å²) in [6.45, 7) is 11.3. The number of carbonyl (C=O) groups is 1. The molecule has 25 heavy (non-hydrogen) atoms. The minimum Gasteiger partial charge on any atom is -0.374 e. The van der Waals surface area contributed by atoms with Crippen LogP contribution in [0.15, 0.2) is 30.3 Å². The lowest BCUT2D eigenvalue weighted by Crippen LogP contribution is -2.49. The van der Waals surface area contributed by atoms with Crippen LogP contribution in [-0.4, -0.2) is 68.2 Å². The van der Waals surface area contributed by atoms with Crippen molar-refractivity contribution in [3.05, 3.63) is 35.9 Å². The molecule has 2 atom stereocenters. The quantitative estimate of drug-likeness (QED) is 0.783. The van der Waals surface area contributed by atoms with Gasteiger partial charge < -0.3 is 10.1 Å². The molecule has 1 fully saturated rings. The number of nitrogens with one attached hydrogen (secondary N) is 1. The third-order valence-electron chi connectivity index (χ3n) is 4.71. The van der Waals surface area contributed by atoms with Gasteiger partial charge in [-0.3, -0.25) is 14.6 Å². The SMILES string of the molecule is CC(C)CN1CCO[C@H](CNC(=O)CN(C)[C@@H](C)c2ccccc2)C1. The third kappa shape index (κ3) is 6.77. The number of morpholine rings is 1. The van der Waals surface area contributed by atoms with Gasteiger partial charge in [0.1, 0.15) is 0 Å². The Bertz CT molecular complexity index is 521. The van der Waals surface area contributed by atoms with E-state index in [4.69, 9.17) is 4.74 Å². The number of likely N-dealkylation sites (N-methyl/N-ethyl adjacent to an activating group) is 1. The van der Waals surface area contributed by atoms with E-state index in [-0.39, 0.29) is 18.1 Å². The lowest BCUT2D eigenvalue weighted by molar-refractivity contribution is -0.123. The van der Waals surface area contributed by atoms with Gasteiger partial charge in [-0.25, -0.2) is 0 Å². The van der Waals surface area contributed by atoms with Gasteiger partial charge in [-0.15, -0.1) is 0 Å². The number of nitrogens with zero attached hydrogens (tertiary/aromatic N) is 2. The molecule has 1 aromatic rings. The van der Waals surface area contributed by atoms with Crippen LogP contribution in [-0.2, 0) is 9.53 Å². The zero-order valence-corrected chi connectivity index (χ0v) is 16.1. The monoisotopic (exact) mass is 347 g/mol. The van der Waals surface area contributed by atoms with E-state index in [1.54, 1.807) is 0 Å². The Kier molecular flexibility index (Phi) is 7.88. The Morgan fingerprint density at radius 2 is 2.04 bits per heavy atom. The summed E-state index contributed by atoms with van der Waals surface area (Å²) < 4.78 is 5.79. The summed E-state index contributed by atoms with van der Waals surface area (Å²) in [7, 11) is 1.98. The number of ether oxygens (including phenoxy) is 1. The number of carbonyl (C=O) groups excluding carboxylic acids is 1. The molecule has 0 unspecified atom stereocenters. The topological polar surface area (TPSA) is 44.8 Å². The summed E-state index contributed by atoms with van der Waals surface area (Å²) in [4.78, 5) is 16.8. The molecule has 1 saturated heterocycles. The highest BCUT2D eigenvalue weighted by Gasteiger charge is 2.22. The molecule has 1 heterocycles. The predicted octanol–water partition coefficient (Wildman–Crippen LogP) is 2.15. The Morgan fingerprint density at radius 3 is 2.72 bits per heavy atom. The summed E-state index contributed by atoms with van der Waals surface area (Å²) in [6.07, 6.45) is 0.0910. The fourth-order valence-corrected chi connectivity index (χ4v) is 3.22. The Balaban J connectivity index is 1.73. The Labute approximate surface area is 152 Å². The van der Waals surface area contributed by atoms with Crippen LogP contribution in [0.4, 0.5) is 0 Å². The van der Waals surface area contributed by atoms with E-state index in [2.05, 4.69) is 48.0 Å². The molecule has 1 aliphatic rings. The summed E-state index contributed by atoms with van der Waals surface area (Å²) in [5.74, 6) is 0.705. The van der Waals surface area contributed by atoms with Crippen LogP contribution >= 0.6 is 0 Å². The van der Waals surface area contributed by atoms with Gasteiger partial charge >= 0.3 is 0 Å². The number of hydrogen-bond donors (Lipinski definition) is 1. The molecule has 0 radical (unpaired) electrons. The van der Waals surface area contributed by atoms with Crippen molar-refractivity contribution in [3.63, 3.8) is 0 Å². The third-order valence-corrected chi connectivity index (χ3v) is 4.71. The van der Waals surface area contributed by atoms with Crippen LogP contribution in [0.2, 0.25) is 0 Å². The molecule has 5 heteroatoms. The minimum atomic E-state index is 0.0508. The molecular weight excluding hydrogens is 314 g/mol. The molecule has 1 N–H and O–H groups in total. The van der Waals surface area contributed by atoms with Gasteiger partial charge in [0.05, 0.1) is 19.3 Å². The number of benzene rings is 1. The van der Waals surface area contributed by atoms with Gasteiger partial charge in [-0.2, -0.15) is 0 Å². The first-order valence-corrected chi connectivity index (χ1v) is 9.31. The second-order valence-corrected chi connectivity index (χ2v) is 7.45. The lowest BCUT2D eigenvalue weighted by atomic mass is 10.1. The lowest BCUT2D eigenvalue weighted by Gasteiger charge is -2.34. The van der Waals surface area contributed by atoms with Gasteiger partial charge in [-0.1, -0.05) is 44.2 Å². The Hall–Kier alpha value is -1.43. The molecule has 1 amide bonds. The first kappa shape index (κ1) is 19.9. The zero-order valence-electron chi connectivity index (χ0n) is 16.1. The van der Waals surface area contributed by atoms with Gasteiger partial charge in [0.25, 0.3) is 0 Å². The molecule has 2 rings (SSSR count). The second kappa shape index (κ2) is 9.90. The fourth-order valence-electron chi connectivity index (χ4n) is 3.22. The maximum Gasteiger partial charge on any atom is 0.234 e. The molecule has 0 bridgehead atoms. The van der Waals surface area contributed by atoms with Crippen molar-refractivity contribution in [2.75, 3.05) is 46.4 Å². The van der Waals surface area contributed by atoms with Crippen LogP contribution < -0.4 is 5.32 Å². The standard InChI is InChI=1S/C20H33N3O2/c1-16(2)13-23-10-11-25-19(14-23)12-21-20(24)15-22(4)17(3)18-8-6-5-7-9-18/h5-9,16-17,19H,10-15H2,1-4H3,(H,21,24)/t17-,19+/m0/s1. The van der Waals surface area contributed by atoms with Gasteiger partial charge in [0, 0.05) is 32.2 Å². The largest absolute Gasteiger partial charge is 0.374 e. The highest BCUT2D eigenvalue weighted by atomic mass is 16.5. The maximum absolute atomic E-state index is 12.3. The number of amides is 1. The average molecular weight is 348 g/mol. The van der Waals surface area contributed by atoms with Crippen LogP contribution in [0.5, 0.6) is 0 Å².